The van der Waals surface area contributed by atoms with E-state index in [9.17, 15) is 19.8 Å². The van der Waals surface area contributed by atoms with Crippen LogP contribution in [0.5, 0.6) is 0 Å². The minimum atomic E-state index is -0.431. The summed E-state index contributed by atoms with van der Waals surface area (Å²) < 4.78 is 16.2. The zero-order valence-electron chi connectivity index (χ0n) is 35.8. The molecule has 0 bridgehead atoms. The summed E-state index contributed by atoms with van der Waals surface area (Å²) in [5.74, 6) is -0.121. The number of hydrogen-bond donors (Lipinski definition) is 3. The van der Waals surface area contributed by atoms with Crippen LogP contribution in [0.15, 0.2) is 90.7 Å². The van der Waals surface area contributed by atoms with Crippen LogP contribution in [-0.4, -0.2) is 76.6 Å². The van der Waals surface area contributed by atoms with Gasteiger partial charge in [0, 0.05) is 32.3 Å². The highest BCUT2D eigenvalue weighted by atomic mass is 35.5. The van der Waals surface area contributed by atoms with Crippen LogP contribution in [0.3, 0.4) is 0 Å². The second-order valence-corrected chi connectivity index (χ2v) is 19.6. The molecule has 6 rings (SSSR count). The van der Waals surface area contributed by atoms with E-state index in [4.69, 9.17) is 42.5 Å². The summed E-state index contributed by atoms with van der Waals surface area (Å²) in [7, 11) is 0. The topological polar surface area (TPSA) is 123 Å². The van der Waals surface area contributed by atoms with Gasteiger partial charge in [-0.3, -0.25) is 0 Å². The van der Waals surface area contributed by atoms with Crippen molar-refractivity contribution in [2.45, 2.75) is 115 Å². The summed E-state index contributed by atoms with van der Waals surface area (Å²) >= 11 is 16.1. The second kappa shape index (κ2) is 27.9. The standard InChI is InChI=1S/C25H33ClO5S.C25H29ClO3S.CH4/c1-2-17-5-3-6-18(13-17)15-30-16-21-20(22(26)14-23(21)28)8-4-7-19-9-10-24(32-19)25(29)31-12-11-27;1-2-16-29-25(28)24-15-14-19(30-24)11-7-12-20-21(23(27)17-22(20)26)13-6-10-18-8-4-3-5-9-18;/h3,5-6,9-10,13,20-23,27-28H,2,4,7-8,11-12,14-16H2,1H3;3-5,8-10,13-15,20-23,27H,2,7,11-12,16-17H2,1H3;1H4/t20-,21-,22-,23-;6?,20-,21-,22-,23-;/m11./s1. The lowest BCUT2D eigenvalue weighted by molar-refractivity contribution is 0.0200. The lowest BCUT2D eigenvalue weighted by atomic mass is 9.89. The maximum atomic E-state index is 12.0. The fourth-order valence-electron chi connectivity index (χ4n) is 8.26. The van der Waals surface area contributed by atoms with Gasteiger partial charge in [-0.1, -0.05) is 75.9 Å². The third-order valence-corrected chi connectivity index (χ3v) is 14.8. The van der Waals surface area contributed by atoms with Crippen LogP contribution in [0.25, 0.3) is 6.08 Å². The van der Waals surface area contributed by atoms with E-state index in [1.165, 1.54) is 33.1 Å². The fraction of sp³-hybridized carbons (Fsp3) is 0.510. The first-order chi connectivity index (χ1) is 30.1. The third-order valence-electron chi connectivity index (χ3n) is 11.6. The molecule has 0 saturated heterocycles. The molecule has 0 unspecified atom stereocenters. The van der Waals surface area contributed by atoms with Crippen LogP contribution in [0.4, 0.5) is 0 Å². The van der Waals surface area contributed by atoms with Gasteiger partial charge in [-0.25, -0.2) is 9.59 Å². The molecule has 2 saturated carbocycles. The molecule has 0 aliphatic heterocycles. The Morgan fingerprint density at radius 2 is 1.37 bits per heavy atom. The maximum Gasteiger partial charge on any atom is 0.348 e. The molecule has 2 aliphatic rings. The molecular weight excluding hydrogens is 876 g/mol. The molecule has 0 amide bonds. The van der Waals surface area contributed by atoms with Gasteiger partial charge < -0.3 is 29.5 Å². The number of benzene rings is 2. The van der Waals surface area contributed by atoms with Gasteiger partial charge >= 0.3 is 11.9 Å². The SMILES string of the molecule is C.CCCOC(=O)c1ccc(CCC[C@@H]2[C@@H](C=C=Cc3ccccc3)[C@H](O)C[C@H]2Cl)s1.CCc1cccc(COC[C@@H]2[C@@H](CCCc3ccc(C(=O)OCCO)s3)[C@H](Cl)C[C@H]2O)c1. The van der Waals surface area contributed by atoms with Crippen molar-refractivity contribution in [2.24, 2.45) is 23.7 Å². The number of carbonyl (C=O) groups excluding carboxylic acids is 2. The van der Waals surface area contributed by atoms with E-state index in [0.29, 0.717) is 42.4 Å². The van der Waals surface area contributed by atoms with Gasteiger partial charge in [-0.05, 0) is 129 Å². The van der Waals surface area contributed by atoms with E-state index in [2.05, 4.69) is 36.9 Å². The number of esters is 2. The molecule has 3 N–H and O–H groups in total. The van der Waals surface area contributed by atoms with Gasteiger partial charge in [0.05, 0.1) is 38.6 Å². The molecule has 12 heteroatoms. The Hall–Kier alpha value is -3.28. The van der Waals surface area contributed by atoms with Crippen LogP contribution < -0.4 is 0 Å². The Bertz CT molecular complexity index is 2010. The average molecular weight is 942 g/mol. The summed E-state index contributed by atoms with van der Waals surface area (Å²) in [4.78, 5) is 27.3. The third kappa shape index (κ3) is 16.6. The van der Waals surface area contributed by atoms with Gasteiger partial charge in [-0.2, -0.15) is 0 Å². The monoisotopic (exact) mass is 940 g/mol. The number of halogens is 2. The summed E-state index contributed by atoms with van der Waals surface area (Å²) in [6, 6.07) is 26.0. The van der Waals surface area contributed by atoms with Crippen molar-refractivity contribution in [3.8, 4) is 0 Å². The number of carbonyl (C=O) groups is 2. The number of thiophene rings is 2. The highest BCUT2D eigenvalue weighted by Gasteiger charge is 2.41. The number of aliphatic hydroxyl groups excluding tert-OH is 3. The van der Waals surface area contributed by atoms with Gasteiger partial charge in [0.2, 0.25) is 0 Å². The molecule has 8 atom stereocenters. The molecule has 2 aromatic carbocycles. The predicted octanol–water partition coefficient (Wildman–Crippen LogP) is 11.4. The summed E-state index contributed by atoms with van der Waals surface area (Å²) in [5, 5.41) is 29.7. The van der Waals surface area contributed by atoms with E-state index in [1.807, 2.05) is 67.6 Å². The molecule has 2 aromatic heterocycles. The minimum absolute atomic E-state index is 0. The fourth-order valence-corrected chi connectivity index (χ4v) is 11.1. The Balaban J connectivity index is 0.000000273. The highest BCUT2D eigenvalue weighted by molar-refractivity contribution is 7.14. The number of aryl methyl sites for hydroxylation is 3. The van der Waals surface area contributed by atoms with Crippen LogP contribution in [-0.2, 0) is 40.1 Å². The molecule has 2 heterocycles. The first kappa shape index (κ1) is 52.3. The summed E-state index contributed by atoms with van der Waals surface area (Å²) in [6.45, 7) is 5.47. The number of aliphatic hydroxyl groups is 3. The van der Waals surface area contributed by atoms with Crippen molar-refractivity contribution in [1.82, 2.24) is 0 Å². The molecule has 63 heavy (non-hydrogen) atoms. The zero-order chi connectivity index (χ0) is 44.3. The van der Waals surface area contributed by atoms with Crippen molar-refractivity contribution >= 4 is 63.9 Å². The van der Waals surface area contributed by atoms with Crippen molar-refractivity contribution in [3.63, 3.8) is 0 Å². The van der Waals surface area contributed by atoms with E-state index in [1.54, 1.807) is 6.07 Å². The molecule has 2 fully saturated rings. The van der Waals surface area contributed by atoms with Gasteiger partial charge in [0.1, 0.15) is 16.4 Å². The van der Waals surface area contributed by atoms with Gasteiger partial charge in [-0.15, -0.1) is 51.6 Å². The van der Waals surface area contributed by atoms with E-state index < -0.39 is 18.2 Å². The van der Waals surface area contributed by atoms with Crippen molar-refractivity contribution in [3.05, 3.63) is 127 Å². The Labute approximate surface area is 392 Å². The average Bonchev–Trinajstić information content (AvgIpc) is 4.07. The summed E-state index contributed by atoms with van der Waals surface area (Å²) in [5.41, 5.74) is 6.79. The number of rotatable bonds is 21. The van der Waals surface area contributed by atoms with E-state index in [0.717, 1.165) is 67.4 Å². The highest BCUT2D eigenvalue weighted by Crippen LogP contribution is 2.41. The van der Waals surface area contributed by atoms with Crippen LogP contribution >= 0.6 is 45.9 Å². The number of alkyl halides is 2. The number of hydrogen-bond acceptors (Lipinski definition) is 10. The molecule has 8 nitrogen and oxygen atoms in total. The lowest BCUT2D eigenvalue weighted by Gasteiger charge is -2.23. The number of ether oxygens (including phenoxy) is 3. The minimum Gasteiger partial charge on any atom is -0.462 e. The van der Waals surface area contributed by atoms with E-state index >= 15 is 0 Å². The van der Waals surface area contributed by atoms with Crippen LogP contribution in [0, 0.1) is 23.7 Å². The smallest absolute Gasteiger partial charge is 0.348 e. The maximum absolute atomic E-state index is 12.0. The van der Waals surface area contributed by atoms with E-state index in [-0.39, 0.29) is 61.0 Å². The predicted molar refractivity (Wildman–Crippen MR) is 258 cm³/mol. The van der Waals surface area contributed by atoms with Crippen molar-refractivity contribution in [1.29, 1.82) is 0 Å². The Kier molecular flexibility index (Phi) is 23.2. The molecule has 4 aromatic rings. The van der Waals surface area contributed by atoms with Gasteiger partial charge in [0.15, 0.2) is 0 Å². The normalized spacial score (nSPS) is 22.6. The second-order valence-electron chi connectivity index (χ2n) is 16.1. The van der Waals surface area contributed by atoms with Crippen LogP contribution in [0.2, 0.25) is 0 Å². The van der Waals surface area contributed by atoms with Crippen molar-refractivity contribution < 1.29 is 39.1 Å². The quantitative estimate of drug-likeness (QED) is 0.0429. The van der Waals surface area contributed by atoms with Crippen molar-refractivity contribution in [2.75, 3.05) is 26.4 Å². The zero-order valence-corrected chi connectivity index (χ0v) is 39.0. The molecule has 0 spiro atoms. The van der Waals surface area contributed by atoms with Gasteiger partial charge in [0.25, 0.3) is 0 Å². The molecular formula is C51H66Cl2O8S2. The Morgan fingerprint density at radius 3 is 2.00 bits per heavy atom. The summed E-state index contributed by atoms with van der Waals surface area (Å²) in [6.07, 6.45) is 11.6. The molecule has 2 aliphatic carbocycles. The first-order valence-corrected chi connectivity index (χ1v) is 24.5. The Morgan fingerprint density at radius 1 is 0.762 bits per heavy atom. The largest absolute Gasteiger partial charge is 0.462 e. The lowest BCUT2D eigenvalue weighted by Crippen LogP contribution is -2.26. The molecule has 0 radical (unpaired) electrons. The van der Waals surface area contributed by atoms with Crippen LogP contribution in [0.1, 0.15) is 112 Å². The molecule has 344 valence electrons. The first-order valence-electron chi connectivity index (χ1n) is 22.0.